The molecule has 0 aliphatic rings. The highest BCUT2D eigenvalue weighted by Crippen LogP contribution is 2.65. The maximum atomic E-state index is 13.6. The molecule has 0 heterocycles. The summed E-state index contributed by atoms with van der Waals surface area (Å²) in [6, 6.07) is 8.18. The lowest BCUT2D eigenvalue weighted by atomic mass is 10.2. The normalized spacial score (nSPS) is 13.8. The van der Waals surface area contributed by atoms with E-state index in [1.54, 1.807) is 0 Å². The molecule has 0 amide bonds. The highest BCUT2D eigenvalue weighted by atomic mass is 31.2. The van der Waals surface area contributed by atoms with Crippen molar-refractivity contribution in [3.8, 4) is 0 Å². The van der Waals surface area contributed by atoms with Crippen LogP contribution in [0.15, 0.2) is 24.3 Å². The van der Waals surface area contributed by atoms with Gasteiger partial charge in [0, 0.05) is 15.6 Å². The molecule has 0 aliphatic carbocycles. The fraction of sp³-hybridized carbons (Fsp3) is 0.600. The zero-order valence-electron chi connectivity index (χ0n) is 12.2. The zero-order valence-corrected chi connectivity index (χ0v) is 13.1. The molecule has 0 fully saturated rings. The van der Waals surface area contributed by atoms with Crippen molar-refractivity contribution in [1.82, 2.24) is 0 Å². The van der Waals surface area contributed by atoms with Gasteiger partial charge in [0.05, 0.1) is 0 Å². The van der Waals surface area contributed by atoms with Gasteiger partial charge >= 0.3 is 0 Å². The van der Waals surface area contributed by atoms with Gasteiger partial charge in [-0.05, 0) is 6.92 Å². The Bertz CT molecular complexity index is 411. The van der Waals surface area contributed by atoms with Gasteiger partial charge in [0.2, 0.25) is 0 Å². The van der Waals surface area contributed by atoms with Crippen LogP contribution < -0.4 is 5.30 Å². The predicted molar refractivity (Wildman–Crippen MR) is 77.9 cm³/mol. The van der Waals surface area contributed by atoms with E-state index in [4.69, 9.17) is 0 Å². The van der Waals surface area contributed by atoms with E-state index < -0.39 is 7.14 Å². The fourth-order valence-electron chi connectivity index (χ4n) is 2.54. The van der Waals surface area contributed by atoms with Crippen LogP contribution in [0.4, 0.5) is 0 Å². The predicted octanol–water partition coefficient (Wildman–Crippen LogP) is 4.58. The highest BCUT2D eigenvalue weighted by molar-refractivity contribution is 7.74. The quantitative estimate of drug-likeness (QED) is 0.668. The van der Waals surface area contributed by atoms with Crippen molar-refractivity contribution in [2.24, 2.45) is 0 Å². The first-order chi connectivity index (χ1) is 7.50. The summed E-state index contributed by atoms with van der Waals surface area (Å²) in [5.74, 6) is 0. The van der Waals surface area contributed by atoms with E-state index in [0.717, 1.165) is 5.30 Å². The Morgan fingerprint density at radius 3 is 1.47 bits per heavy atom. The van der Waals surface area contributed by atoms with E-state index >= 15 is 0 Å². The summed E-state index contributed by atoms with van der Waals surface area (Å²) in [6.45, 7) is 14.6. The van der Waals surface area contributed by atoms with Crippen LogP contribution in [0.3, 0.4) is 0 Å². The first kappa shape index (κ1) is 14.5. The van der Waals surface area contributed by atoms with Crippen molar-refractivity contribution in [2.45, 2.75) is 58.8 Å². The van der Waals surface area contributed by atoms with Crippen LogP contribution in [0, 0.1) is 6.92 Å². The molecule has 0 aromatic heterocycles. The molecule has 0 spiro atoms. The van der Waals surface area contributed by atoms with Gasteiger partial charge in [-0.1, -0.05) is 71.4 Å². The number of hydrogen-bond donors (Lipinski definition) is 0. The molecule has 0 atom stereocenters. The molecule has 1 nitrogen and oxygen atoms in total. The Labute approximate surface area is 106 Å². The van der Waals surface area contributed by atoms with Crippen LogP contribution in [0.25, 0.3) is 0 Å². The summed E-state index contributed by atoms with van der Waals surface area (Å²) in [5, 5.41) is 0.587. The molecule has 2 heteroatoms. The topological polar surface area (TPSA) is 17.1 Å². The monoisotopic (exact) mass is 252 g/mol. The summed E-state index contributed by atoms with van der Waals surface area (Å²) < 4.78 is 13.6. The SMILES string of the molecule is Cc1ccc(P(=O)(C(C)(C)C)C(C)(C)C)cc1. The Morgan fingerprint density at radius 2 is 1.18 bits per heavy atom. The summed E-state index contributed by atoms with van der Waals surface area (Å²) in [4.78, 5) is 0. The van der Waals surface area contributed by atoms with Crippen LogP contribution in [-0.4, -0.2) is 10.3 Å². The van der Waals surface area contributed by atoms with Crippen LogP contribution >= 0.6 is 7.14 Å². The number of benzene rings is 1. The molecule has 1 aromatic carbocycles. The van der Waals surface area contributed by atoms with E-state index in [9.17, 15) is 4.57 Å². The van der Waals surface area contributed by atoms with Crippen molar-refractivity contribution >= 4 is 12.4 Å². The van der Waals surface area contributed by atoms with Crippen molar-refractivity contribution < 1.29 is 4.57 Å². The van der Waals surface area contributed by atoms with Gasteiger partial charge in [-0.3, -0.25) is 0 Å². The zero-order chi connectivity index (χ0) is 13.5. The van der Waals surface area contributed by atoms with Gasteiger partial charge < -0.3 is 4.57 Å². The minimum absolute atomic E-state index is 0.208. The second kappa shape index (κ2) is 4.28. The Kier molecular flexibility index (Phi) is 3.65. The number of rotatable bonds is 1. The van der Waals surface area contributed by atoms with E-state index in [0.29, 0.717) is 0 Å². The second-order valence-corrected chi connectivity index (χ2v) is 11.2. The first-order valence-corrected chi connectivity index (χ1v) is 7.88. The third-order valence-corrected chi connectivity index (χ3v) is 8.09. The molecule has 1 rings (SSSR count). The molecular weight excluding hydrogens is 227 g/mol. The smallest absolute Gasteiger partial charge is 0.125 e. The molecule has 96 valence electrons. The molecule has 1 aromatic rings. The van der Waals surface area contributed by atoms with Gasteiger partial charge in [0.1, 0.15) is 7.14 Å². The van der Waals surface area contributed by atoms with Crippen LogP contribution in [0.5, 0.6) is 0 Å². The van der Waals surface area contributed by atoms with Crippen LogP contribution in [0.2, 0.25) is 0 Å². The standard InChI is InChI=1S/C15H25OP/c1-12-8-10-13(11-9-12)17(16,14(2,3)4)15(5,6)7/h8-11H,1-7H3. The molecule has 0 unspecified atom stereocenters. The average Bonchev–Trinajstić information content (AvgIpc) is 2.14. The van der Waals surface area contributed by atoms with E-state index in [-0.39, 0.29) is 10.3 Å². The van der Waals surface area contributed by atoms with Gasteiger partial charge in [0.25, 0.3) is 0 Å². The minimum Gasteiger partial charge on any atom is -0.318 e. The highest BCUT2D eigenvalue weighted by Gasteiger charge is 2.47. The fourth-order valence-corrected chi connectivity index (χ4v) is 6.67. The molecule has 0 saturated carbocycles. The molecule has 0 bridgehead atoms. The van der Waals surface area contributed by atoms with Crippen molar-refractivity contribution in [2.75, 3.05) is 0 Å². The molecule has 0 saturated heterocycles. The lowest BCUT2D eigenvalue weighted by Gasteiger charge is -2.41. The first-order valence-electron chi connectivity index (χ1n) is 6.17. The van der Waals surface area contributed by atoms with Gasteiger partial charge in [-0.2, -0.15) is 0 Å². The van der Waals surface area contributed by atoms with Crippen molar-refractivity contribution in [3.05, 3.63) is 29.8 Å². The number of hydrogen-bond acceptors (Lipinski definition) is 1. The summed E-state index contributed by atoms with van der Waals surface area (Å²) in [6.07, 6.45) is 0. The lowest BCUT2D eigenvalue weighted by molar-refractivity contribution is 0.527. The van der Waals surface area contributed by atoms with E-state index in [2.05, 4.69) is 60.6 Å². The van der Waals surface area contributed by atoms with Crippen LogP contribution in [0.1, 0.15) is 47.1 Å². The van der Waals surface area contributed by atoms with Crippen LogP contribution in [-0.2, 0) is 4.57 Å². The maximum absolute atomic E-state index is 13.6. The largest absolute Gasteiger partial charge is 0.318 e. The lowest BCUT2D eigenvalue weighted by Crippen LogP contribution is -2.34. The third-order valence-electron chi connectivity index (χ3n) is 3.29. The minimum atomic E-state index is -2.46. The summed E-state index contributed by atoms with van der Waals surface area (Å²) >= 11 is 0. The Hall–Kier alpha value is -0.550. The van der Waals surface area contributed by atoms with Gasteiger partial charge in [-0.15, -0.1) is 0 Å². The van der Waals surface area contributed by atoms with Crippen molar-refractivity contribution in [1.29, 1.82) is 0 Å². The second-order valence-electron chi connectivity index (χ2n) is 6.79. The number of aryl methyl sites for hydroxylation is 1. The molecule has 17 heavy (non-hydrogen) atoms. The summed E-state index contributed by atoms with van der Waals surface area (Å²) in [5.41, 5.74) is 1.21. The molecular formula is C15H25OP. The van der Waals surface area contributed by atoms with E-state index in [1.165, 1.54) is 5.56 Å². The summed E-state index contributed by atoms with van der Waals surface area (Å²) in [7, 11) is -2.46. The Balaban J connectivity index is 3.47. The van der Waals surface area contributed by atoms with E-state index in [1.807, 2.05) is 12.1 Å². The average molecular weight is 252 g/mol. The molecule has 0 aliphatic heterocycles. The molecule has 0 N–H and O–H groups in total. The molecule has 0 radical (unpaired) electrons. The van der Waals surface area contributed by atoms with Gasteiger partial charge in [0.15, 0.2) is 0 Å². The van der Waals surface area contributed by atoms with Crippen molar-refractivity contribution in [3.63, 3.8) is 0 Å². The van der Waals surface area contributed by atoms with Gasteiger partial charge in [-0.25, -0.2) is 0 Å². The third kappa shape index (κ3) is 2.50. The maximum Gasteiger partial charge on any atom is 0.125 e. The Morgan fingerprint density at radius 1 is 0.824 bits per heavy atom.